The van der Waals surface area contributed by atoms with Crippen molar-refractivity contribution in [3.8, 4) is 0 Å². The van der Waals surface area contributed by atoms with Crippen LogP contribution < -0.4 is 15.2 Å². The Hall–Kier alpha value is -2.07. The van der Waals surface area contributed by atoms with Gasteiger partial charge in [0, 0.05) is 4.47 Å². The van der Waals surface area contributed by atoms with Gasteiger partial charge in [0.25, 0.3) is 15.9 Å². The van der Waals surface area contributed by atoms with E-state index >= 15 is 0 Å². The molecular weight excluding hydrogens is 422 g/mol. The summed E-state index contributed by atoms with van der Waals surface area (Å²) in [7, 11) is -3.84. The number of rotatable bonds is 5. The van der Waals surface area contributed by atoms with E-state index < -0.39 is 27.9 Å². The van der Waals surface area contributed by atoms with Gasteiger partial charge in [0.15, 0.2) is 0 Å². The van der Waals surface area contributed by atoms with Crippen LogP contribution in [0.3, 0.4) is 0 Å². The first-order valence-corrected chi connectivity index (χ1v) is 10.0. The summed E-state index contributed by atoms with van der Waals surface area (Å²) in [5.41, 5.74) is 3.84. The van der Waals surface area contributed by atoms with E-state index in [4.69, 9.17) is 0 Å². The number of amides is 2. The second-order valence-electron chi connectivity index (χ2n) is 5.86. The zero-order chi connectivity index (χ0) is 18.9. The molecule has 0 radical (unpaired) electrons. The van der Waals surface area contributed by atoms with Gasteiger partial charge in [-0.2, -0.15) is 0 Å². The Morgan fingerprint density at radius 2 is 1.65 bits per heavy atom. The molecule has 26 heavy (non-hydrogen) atoms. The first-order valence-electron chi connectivity index (χ1n) is 7.74. The predicted molar refractivity (Wildman–Crippen MR) is 99.7 cm³/mol. The third-order valence-electron chi connectivity index (χ3n) is 3.93. The Morgan fingerprint density at radius 1 is 1.04 bits per heavy atom. The summed E-state index contributed by atoms with van der Waals surface area (Å²) in [5, 5.41) is 0. The van der Waals surface area contributed by atoms with Gasteiger partial charge in [-0.1, -0.05) is 33.6 Å². The minimum absolute atomic E-state index is 0.0668. The van der Waals surface area contributed by atoms with Crippen LogP contribution in [0.25, 0.3) is 0 Å². The summed E-state index contributed by atoms with van der Waals surface area (Å²) in [4.78, 5) is 28.0. The third-order valence-corrected chi connectivity index (χ3v) is 5.74. The Labute approximate surface area is 159 Å². The van der Waals surface area contributed by atoms with E-state index in [0.29, 0.717) is 5.69 Å². The lowest BCUT2D eigenvalue weighted by molar-refractivity contribution is -0.121. The molecule has 0 aromatic heterocycles. The summed E-state index contributed by atoms with van der Waals surface area (Å²) in [5.74, 6) is -0.909. The molecule has 0 spiro atoms. The molecule has 0 unspecified atom stereocenters. The number of hydrogen-bond donors (Lipinski definition) is 2. The number of halogens is 1. The van der Waals surface area contributed by atoms with Crippen LogP contribution in [0.1, 0.15) is 12.0 Å². The van der Waals surface area contributed by atoms with E-state index in [1.165, 1.54) is 12.1 Å². The molecule has 1 aliphatic rings. The van der Waals surface area contributed by atoms with Crippen molar-refractivity contribution in [3.63, 3.8) is 0 Å². The SMILES string of the molecule is Cc1ccc(S(=O)(=O)NN[C@@H]2CC(=O)N(c3ccc(Br)cc3)C2=O)cc1. The first-order chi connectivity index (χ1) is 12.3. The minimum Gasteiger partial charge on any atom is -0.274 e. The number of carbonyl (C=O) groups is 2. The zero-order valence-corrected chi connectivity index (χ0v) is 16.2. The summed E-state index contributed by atoms with van der Waals surface area (Å²) in [6, 6.07) is 12.0. The van der Waals surface area contributed by atoms with E-state index in [9.17, 15) is 18.0 Å². The van der Waals surface area contributed by atoms with Crippen LogP contribution in [0.4, 0.5) is 5.69 Å². The second-order valence-corrected chi connectivity index (χ2v) is 8.46. The van der Waals surface area contributed by atoms with Gasteiger partial charge in [-0.3, -0.25) is 9.59 Å². The molecule has 0 aliphatic carbocycles. The van der Waals surface area contributed by atoms with E-state index in [1.54, 1.807) is 36.4 Å². The molecule has 0 bridgehead atoms. The molecule has 2 amide bonds. The molecule has 2 aromatic rings. The fourth-order valence-electron chi connectivity index (χ4n) is 2.53. The summed E-state index contributed by atoms with van der Waals surface area (Å²) in [6.45, 7) is 1.85. The third kappa shape index (κ3) is 3.85. The molecule has 2 aromatic carbocycles. The summed E-state index contributed by atoms with van der Waals surface area (Å²) < 4.78 is 25.4. The van der Waals surface area contributed by atoms with Crippen LogP contribution >= 0.6 is 15.9 Å². The molecule has 1 fully saturated rings. The van der Waals surface area contributed by atoms with Crippen molar-refractivity contribution >= 4 is 43.5 Å². The number of sulfonamides is 1. The number of carbonyl (C=O) groups excluding carboxylic acids is 2. The lowest BCUT2D eigenvalue weighted by Crippen LogP contribution is -2.48. The normalized spacial score (nSPS) is 17.8. The monoisotopic (exact) mass is 437 g/mol. The van der Waals surface area contributed by atoms with Gasteiger partial charge in [0.05, 0.1) is 17.0 Å². The van der Waals surface area contributed by atoms with Crippen LogP contribution in [0.5, 0.6) is 0 Å². The lowest BCUT2D eigenvalue weighted by atomic mass is 10.2. The van der Waals surface area contributed by atoms with E-state index in [-0.39, 0.29) is 11.3 Å². The van der Waals surface area contributed by atoms with Crippen molar-refractivity contribution < 1.29 is 18.0 Å². The van der Waals surface area contributed by atoms with Crippen LogP contribution in [-0.4, -0.2) is 26.3 Å². The average Bonchev–Trinajstić information content (AvgIpc) is 2.88. The van der Waals surface area contributed by atoms with Crippen LogP contribution in [0, 0.1) is 6.92 Å². The lowest BCUT2D eigenvalue weighted by Gasteiger charge is -2.16. The highest BCUT2D eigenvalue weighted by Gasteiger charge is 2.40. The van der Waals surface area contributed by atoms with Crippen molar-refractivity contribution in [1.82, 2.24) is 10.3 Å². The topological polar surface area (TPSA) is 95.6 Å². The van der Waals surface area contributed by atoms with Gasteiger partial charge >= 0.3 is 0 Å². The zero-order valence-electron chi connectivity index (χ0n) is 13.8. The minimum atomic E-state index is -3.84. The van der Waals surface area contributed by atoms with Crippen molar-refractivity contribution in [2.24, 2.45) is 0 Å². The van der Waals surface area contributed by atoms with Gasteiger partial charge in [-0.25, -0.2) is 18.7 Å². The number of imide groups is 1. The maximum absolute atomic E-state index is 12.5. The van der Waals surface area contributed by atoms with Gasteiger partial charge in [0.2, 0.25) is 5.91 Å². The molecule has 1 aliphatic heterocycles. The Morgan fingerprint density at radius 3 is 2.27 bits per heavy atom. The maximum atomic E-state index is 12.5. The molecule has 2 N–H and O–H groups in total. The van der Waals surface area contributed by atoms with Gasteiger partial charge in [-0.05, 0) is 43.3 Å². The Balaban J connectivity index is 1.71. The molecule has 0 saturated carbocycles. The van der Waals surface area contributed by atoms with Gasteiger partial charge in [-0.15, -0.1) is 4.83 Å². The Bertz CT molecular complexity index is 943. The summed E-state index contributed by atoms with van der Waals surface area (Å²) in [6.07, 6.45) is -0.134. The standard InChI is InChI=1S/C17H16BrN3O4S/c1-11-2-8-14(9-3-11)26(24,25)20-19-15-10-16(22)21(17(15)23)13-6-4-12(18)5-7-13/h2-9,15,19-20H,10H2,1H3/t15-/m1/s1. The Kier molecular flexibility index (Phi) is 5.24. The summed E-state index contributed by atoms with van der Waals surface area (Å²) >= 11 is 3.29. The number of anilines is 1. The fourth-order valence-corrected chi connectivity index (χ4v) is 3.71. The molecule has 1 heterocycles. The van der Waals surface area contributed by atoms with Crippen molar-refractivity contribution in [1.29, 1.82) is 0 Å². The fraction of sp³-hybridized carbons (Fsp3) is 0.176. The largest absolute Gasteiger partial charge is 0.274 e. The van der Waals surface area contributed by atoms with Crippen molar-refractivity contribution in [3.05, 3.63) is 58.6 Å². The second kappa shape index (κ2) is 7.28. The number of hydrogen-bond acceptors (Lipinski definition) is 5. The van der Waals surface area contributed by atoms with Crippen LogP contribution in [0.2, 0.25) is 0 Å². The highest BCUT2D eigenvalue weighted by molar-refractivity contribution is 9.10. The van der Waals surface area contributed by atoms with E-state index in [0.717, 1.165) is 14.9 Å². The molecule has 3 rings (SSSR count). The van der Waals surface area contributed by atoms with Crippen molar-refractivity contribution in [2.45, 2.75) is 24.3 Å². The van der Waals surface area contributed by atoms with Crippen LogP contribution in [-0.2, 0) is 19.6 Å². The highest BCUT2D eigenvalue weighted by atomic mass is 79.9. The highest BCUT2D eigenvalue weighted by Crippen LogP contribution is 2.24. The quantitative estimate of drug-likeness (QED) is 0.549. The predicted octanol–water partition coefficient (Wildman–Crippen LogP) is 1.87. The molecule has 7 nitrogen and oxygen atoms in total. The maximum Gasteiger partial charge on any atom is 0.253 e. The molecular formula is C17H16BrN3O4S. The average molecular weight is 438 g/mol. The van der Waals surface area contributed by atoms with E-state index in [1.807, 2.05) is 6.92 Å². The number of nitrogens with zero attached hydrogens (tertiary/aromatic N) is 1. The number of aryl methyl sites for hydroxylation is 1. The van der Waals surface area contributed by atoms with Crippen LogP contribution in [0.15, 0.2) is 57.9 Å². The molecule has 1 saturated heterocycles. The van der Waals surface area contributed by atoms with Crippen molar-refractivity contribution in [2.75, 3.05) is 4.90 Å². The van der Waals surface area contributed by atoms with Gasteiger partial charge < -0.3 is 0 Å². The number of nitrogens with one attached hydrogen (secondary N) is 2. The number of hydrazine groups is 1. The molecule has 1 atom stereocenters. The smallest absolute Gasteiger partial charge is 0.253 e. The number of benzene rings is 2. The van der Waals surface area contributed by atoms with Gasteiger partial charge in [0.1, 0.15) is 6.04 Å². The first kappa shape index (κ1) is 18.7. The molecule has 136 valence electrons. The molecule has 9 heteroatoms. The van der Waals surface area contributed by atoms with E-state index in [2.05, 4.69) is 26.2 Å².